The van der Waals surface area contributed by atoms with Crippen LogP contribution in [0.15, 0.2) is 0 Å². The fourth-order valence-electron chi connectivity index (χ4n) is 0.857. The van der Waals surface area contributed by atoms with Crippen LogP contribution < -0.4 is 0 Å². The molecule has 0 atom stereocenters. The lowest BCUT2D eigenvalue weighted by atomic mass is 10.1. The molecule has 0 fully saturated rings. The van der Waals surface area contributed by atoms with E-state index in [1.807, 2.05) is 20.8 Å². The molecule has 0 unspecified atom stereocenters. The van der Waals surface area contributed by atoms with Crippen LogP contribution in [0.2, 0.25) is 0 Å². The predicted molar refractivity (Wildman–Crippen MR) is 65.5 cm³/mol. The van der Waals surface area contributed by atoms with Crippen molar-refractivity contribution in [3.05, 3.63) is 0 Å². The number of carbonyl (C=O) groups excluding carboxylic acids is 2. The summed E-state index contributed by atoms with van der Waals surface area (Å²) in [6.45, 7) is 12.1. The van der Waals surface area contributed by atoms with Crippen molar-refractivity contribution in [2.75, 3.05) is 0 Å². The average Bonchev–Trinajstić information content (AvgIpc) is 2.16. The molecule has 0 spiro atoms. The third-order valence-electron chi connectivity index (χ3n) is 2.54. The van der Waals surface area contributed by atoms with Gasteiger partial charge in [-0.2, -0.15) is 0 Å². The molecule has 0 N–H and O–H groups in total. The molecule has 0 saturated heterocycles. The zero-order valence-electron chi connectivity index (χ0n) is 11.9. The molecule has 0 radical (unpaired) electrons. The number of esters is 2. The maximum absolute atomic E-state index is 11.9. The number of rotatable bonds is 5. The highest BCUT2D eigenvalue weighted by molar-refractivity contribution is 5.83. The van der Waals surface area contributed by atoms with E-state index in [0.717, 1.165) is 0 Å². The standard InChI is InChI=1S/C13H24O4/c1-8-12(4,5)17-11(15)13(6,7)16-10(14)9(2)3/h9H,8H2,1-7H3. The van der Waals surface area contributed by atoms with Crippen LogP contribution in [0.4, 0.5) is 0 Å². The third-order valence-corrected chi connectivity index (χ3v) is 2.54. The van der Waals surface area contributed by atoms with E-state index in [0.29, 0.717) is 6.42 Å². The quantitative estimate of drug-likeness (QED) is 0.698. The maximum Gasteiger partial charge on any atom is 0.350 e. The molecule has 4 heteroatoms. The van der Waals surface area contributed by atoms with Crippen molar-refractivity contribution >= 4 is 11.9 Å². The zero-order chi connectivity index (χ0) is 13.9. The molecule has 4 nitrogen and oxygen atoms in total. The highest BCUT2D eigenvalue weighted by Crippen LogP contribution is 2.21. The first-order valence-electron chi connectivity index (χ1n) is 5.98. The first-order chi connectivity index (χ1) is 7.52. The molecule has 0 saturated carbocycles. The smallest absolute Gasteiger partial charge is 0.350 e. The first-order valence-corrected chi connectivity index (χ1v) is 5.98. The van der Waals surface area contributed by atoms with Gasteiger partial charge in [-0.1, -0.05) is 20.8 Å². The van der Waals surface area contributed by atoms with E-state index in [4.69, 9.17) is 9.47 Å². The number of ether oxygens (including phenoxy) is 2. The Morgan fingerprint density at radius 2 is 1.53 bits per heavy atom. The summed E-state index contributed by atoms with van der Waals surface area (Å²) in [5.41, 5.74) is -1.79. The van der Waals surface area contributed by atoms with E-state index in [1.165, 1.54) is 0 Å². The van der Waals surface area contributed by atoms with Crippen LogP contribution in [0.5, 0.6) is 0 Å². The lowest BCUT2D eigenvalue weighted by Crippen LogP contribution is -2.43. The summed E-state index contributed by atoms with van der Waals surface area (Å²) < 4.78 is 10.5. The van der Waals surface area contributed by atoms with Crippen molar-refractivity contribution in [3.63, 3.8) is 0 Å². The maximum atomic E-state index is 11.9. The fraction of sp³-hybridized carbons (Fsp3) is 0.846. The molecule has 0 aromatic heterocycles. The van der Waals surface area contributed by atoms with Crippen LogP contribution in [0, 0.1) is 5.92 Å². The molecule has 0 aliphatic heterocycles. The van der Waals surface area contributed by atoms with Gasteiger partial charge in [-0.25, -0.2) is 4.79 Å². The van der Waals surface area contributed by atoms with Crippen LogP contribution in [-0.2, 0) is 19.1 Å². The van der Waals surface area contributed by atoms with Gasteiger partial charge < -0.3 is 9.47 Å². The molecule has 100 valence electrons. The topological polar surface area (TPSA) is 52.6 Å². The van der Waals surface area contributed by atoms with Crippen molar-refractivity contribution in [3.8, 4) is 0 Å². The van der Waals surface area contributed by atoms with Gasteiger partial charge in [0.05, 0.1) is 5.92 Å². The van der Waals surface area contributed by atoms with E-state index >= 15 is 0 Å². The Labute approximate surface area is 104 Å². The molecule has 0 aliphatic rings. The Balaban J connectivity index is 4.61. The van der Waals surface area contributed by atoms with Gasteiger partial charge >= 0.3 is 11.9 Å². The molecule has 0 bridgehead atoms. The van der Waals surface area contributed by atoms with Gasteiger partial charge in [-0.15, -0.1) is 0 Å². The first kappa shape index (κ1) is 15.9. The van der Waals surface area contributed by atoms with Crippen molar-refractivity contribution in [1.82, 2.24) is 0 Å². The molecule has 0 heterocycles. The minimum Gasteiger partial charge on any atom is -0.457 e. The summed E-state index contributed by atoms with van der Waals surface area (Å²) in [6.07, 6.45) is 0.701. The molecule has 0 aliphatic carbocycles. The summed E-state index contributed by atoms with van der Waals surface area (Å²) in [5.74, 6) is -1.18. The minimum atomic E-state index is -1.24. The lowest BCUT2D eigenvalue weighted by Gasteiger charge is -2.30. The Bertz CT molecular complexity index is 290. The summed E-state index contributed by atoms with van der Waals surface area (Å²) in [5, 5.41) is 0. The monoisotopic (exact) mass is 244 g/mol. The highest BCUT2D eigenvalue weighted by Gasteiger charge is 2.37. The molecular formula is C13H24O4. The van der Waals surface area contributed by atoms with Crippen molar-refractivity contribution in [1.29, 1.82) is 0 Å². The number of carbonyl (C=O) groups is 2. The van der Waals surface area contributed by atoms with E-state index < -0.39 is 23.1 Å². The zero-order valence-corrected chi connectivity index (χ0v) is 11.9. The summed E-state index contributed by atoms with van der Waals surface area (Å²) in [7, 11) is 0. The summed E-state index contributed by atoms with van der Waals surface area (Å²) in [4.78, 5) is 23.4. The largest absolute Gasteiger partial charge is 0.457 e. The Morgan fingerprint density at radius 1 is 1.06 bits per heavy atom. The molecule has 17 heavy (non-hydrogen) atoms. The average molecular weight is 244 g/mol. The van der Waals surface area contributed by atoms with E-state index in [2.05, 4.69) is 0 Å². The van der Waals surface area contributed by atoms with Crippen LogP contribution in [0.25, 0.3) is 0 Å². The van der Waals surface area contributed by atoms with Crippen LogP contribution in [-0.4, -0.2) is 23.1 Å². The Morgan fingerprint density at radius 3 is 1.88 bits per heavy atom. The molecule has 0 rings (SSSR count). The van der Waals surface area contributed by atoms with Gasteiger partial charge in [0.15, 0.2) is 0 Å². The number of hydrogen-bond donors (Lipinski definition) is 0. The van der Waals surface area contributed by atoms with Crippen LogP contribution >= 0.6 is 0 Å². The fourth-order valence-corrected chi connectivity index (χ4v) is 0.857. The van der Waals surface area contributed by atoms with Gasteiger partial charge in [-0.05, 0) is 34.1 Å². The summed E-state index contributed by atoms with van der Waals surface area (Å²) >= 11 is 0. The third kappa shape index (κ3) is 5.20. The van der Waals surface area contributed by atoms with Gasteiger partial charge in [0.1, 0.15) is 5.60 Å². The second-order valence-electron chi connectivity index (χ2n) is 5.59. The van der Waals surface area contributed by atoms with Crippen molar-refractivity contribution < 1.29 is 19.1 Å². The molecule has 0 aromatic carbocycles. The minimum absolute atomic E-state index is 0.263. The van der Waals surface area contributed by atoms with E-state index in [-0.39, 0.29) is 5.92 Å². The van der Waals surface area contributed by atoms with Crippen molar-refractivity contribution in [2.24, 2.45) is 5.92 Å². The number of hydrogen-bond acceptors (Lipinski definition) is 4. The summed E-state index contributed by atoms with van der Waals surface area (Å²) in [6, 6.07) is 0. The Hall–Kier alpha value is -1.06. The van der Waals surface area contributed by atoms with Gasteiger partial charge in [0, 0.05) is 0 Å². The molecular weight excluding hydrogens is 220 g/mol. The van der Waals surface area contributed by atoms with Crippen LogP contribution in [0.3, 0.4) is 0 Å². The van der Waals surface area contributed by atoms with E-state index in [1.54, 1.807) is 27.7 Å². The van der Waals surface area contributed by atoms with Gasteiger partial charge in [0.25, 0.3) is 0 Å². The predicted octanol–water partition coefficient (Wildman–Crippen LogP) is 2.70. The van der Waals surface area contributed by atoms with Gasteiger partial charge in [-0.3, -0.25) is 4.79 Å². The normalized spacial score (nSPS) is 12.5. The van der Waals surface area contributed by atoms with Crippen molar-refractivity contribution in [2.45, 2.75) is 66.1 Å². The highest BCUT2D eigenvalue weighted by atomic mass is 16.6. The SMILES string of the molecule is CCC(C)(C)OC(=O)C(C)(C)OC(=O)C(C)C. The van der Waals surface area contributed by atoms with E-state index in [9.17, 15) is 9.59 Å². The molecule has 0 aromatic rings. The molecule has 0 amide bonds. The lowest BCUT2D eigenvalue weighted by molar-refractivity contribution is -0.189. The Kier molecular flexibility index (Phi) is 5.17. The second-order valence-corrected chi connectivity index (χ2v) is 5.59. The van der Waals surface area contributed by atoms with Gasteiger partial charge in [0.2, 0.25) is 5.60 Å². The van der Waals surface area contributed by atoms with Crippen LogP contribution in [0.1, 0.15) is 54.9 Å². The second kappa shape index (κ2) is 5.52.